The minimum atomic E-state index is -3.41. The summed E-state index contributed by atoms with van der Waals surface area (Å²) in [5.41, 5.74) is 7.18. The van der Waals surface area contributed by atoms with Crippen LogP contribution < -0.4 is 10.0 Å². The van der Waals surface area contributed by atoms with E-state index in [-0.39, 0.29) is 0 Å². The summed E-state index contributed by atoms with van der Waals surface area (Å²) in [4.78, 5) is 0. The Morgan fingerprint density at radius 1 is 1.26 bits per heavy atom. The highest BCUT2D eigenvalue weighted by Crippen LogP contribution is 2.22. The number of nitrogens with two attached hydrogens (primary N) is 1. The van der Waals surface area contributed by atoms with Gasteiger partial charge in [-0.2, -0.15) is 12.7 Å². The number of piperidine rings is 1. The van der Waals surface area contributed by atoms with E-state index in [9.17, 15) is 8.42 Å². The van der Waals surface area contributed by atoms with E-state index in [1.54, 1.807) is 17.4 Å². The summed E-state index contributed by atoms with van der Waals surface area (Å²) in [6.07, 6.45) is 2.99. The average Bonchev–Trinajstić information content (AvgIpc) is 2.47. The van der Waals surface area contributed by atoms with Gasteiger partial charge in [0.2, 0.25) is 0 Å². The second-order valence-electron chi connectivity index (χ2n) is 4.81. The molecular formula is C13H21N3O2S. The second kappa shape index (κ2) is 5.90. The monoisotopic (exact) mass is 283 g/mol. The van der Waals surface area contributed by atoms with Crippen LogP contribution in [0.4, 0.5) is 5.69 Å². The van der Waals surface area contributed by atoms with E-state index < -0.39 is 10.2 Å². The maximum Gasteiger partial charge on any atom is 0.303 e. The van der Waals surface area contributed by atoms with E-state index >= 15 is 0 Å². The van der Waals surface area contributed by atoms with E-state index in [0.717, 1.165) is 24.8 Å². The topological polar surface area (TPSA) is 66.6 Å². The molecule has 19 heavy (non-hydrogen) atoms. The van der Waals surface area contributed by atoms with Gasteiger partial charge in [-0.25, -0.2) is 0 Å². The highest BCUT2D eigenvalue weighted by molar-refractivity contribution is 7.90. The summed E-state index contributed by atoms with van der Waals surface area (Å²) < 4.78 is 27.9. The third kappa shape index (κ3) is 3.08. The number of nitrogens with zero attached hydrogens (tertiary/aromatic N) is 2. The van der Waals surface area contributed by atoms with Crippen LogP contribution in [0.5, 0.6) is 0 Å². The molecule has 2 rings (SSSR count). The summed E-state index contributed by atoms with van der Waals surface area (Å²) in [6.45, 7) is 1.64. The Kier molecular flexibility index (Phi) is 4.44. The second-order valence-corrected chi connectivity index (χ2v) is 6.77. The molecule has 0 aromatic heterocycles. The molecule has 1 heterocycles. The number of benzene rings is 1. The first-order chi connectivity index (χ1) is 9.05. The number of hydrogen-bond acceptors (Lipinski definition) is 3. The maximum absolute atomic E-state index is 12.5. The van der Waals surface area contributed by atoms with Gasteiger partial charge < -0.3 is 5.73 Å². The molecule has 0 unspecified atom stereocenters. The minimum absolute atomic E-state index is 0.408. The zero-order valence-electron chi connectivity index (χ0n) is 11.2. The van der Waals surface area contributed by atoms with Crippen LogP contribution in [-0.2, 0) is 16.8 Å². The molecular weight excluding hydrogens is 262 g/mol. The lowest BCUT2D eigenvalue weighted by atomic mass is 10.2. The minimum Gasteiger partial charge on any atom is -0.326 e. The highest BCUT2D eigenvalue weighted by atomic mass is 32.2. The lowest BCUT2D eigenvalue weighted by Crippen LogP contribution is -2.44. The predicted octanol–water partition coefficient (Wildman–Crippen LogP) is 1.31. The molecule has 1 aromatic carbocycles. The molecule has 1 aliphatic heterocycles. The average molecular weight is 283 g/mol. The summed E-state index contributed by atoms with van der Waals surface area (Å²) in [6, 6.07) is 7.34. The number of hydrogen-bond donors (Lipinski definition) is 1. The van der Waals surface area contributed by atoms with Gasteiger partial charge in [0.05, 0.1) is 5.69 Å². The first-order valence-electron chi connectivity index (χ1n) is 6.58. The van der Waals surface area contributed by atoms with Crippen molar-refractivity contribution >= 4 is 15.9 Å². The van der Waals surface area contributed by atoms with Crippen molar-refractivity contribution < 1.29 is 8.42 Å². The highest BCUT2D eigenvalue weighted by Gasteiger charge is 2.28. The van der Waals surface area contributed by atoms with Crippen LogP contribution in [0.2, 0.25) is 0 Å². The Morgan fingerprint density at radius 2 is 1.95 bits per heavy atom. The van der Waals surface area contributed by atoms with Gasteiger partial charge in [-0.15, -0.1) is 0 Å². The third-order valence-corrected chi connectivity index (χ3v) is 5.42. The summed E-state index contributed by atoms with van der Waals surface area (Å²) in [5, 5.41) is 0. The van der Waals surface area contributed by atoms with E-state index in [1.165, 1.54) is 4.31 Å². The molecule has 0 spiro atoms. The zero-order valence-corrected chi connectivity index (χ0v) is 12.1. The Bertz CT molecular complexity index is 524. The number of rotatable bonds is 4. The van der Waals surface area contributed by atoms with Gasteiger partial charge in [0.1, 0.15) is 0 Å². The fourth-order valence-electron chi connectivity index (χ4n) is 2.28. The van der Waals surface area contributed by atoms with Crippen molar-refractivity contribution in [1.29, 1.82) is 0 Å². The summed E-state index contributed by atoms with van der Waals surface area (Å²) in [5.74, 6) is 0. The Labute approximate surface area is 115 Å². The van der Waals surface area contributed by atoms with Crippen molar-refractivity contribution in [3.63, 3.8) is 0 Å². The molecule has 1 aliphatic rings. The molecule has 0 bridgehead atoms. The molecule has 0 saturated carbocycles. The molecule has 1 saturated heterocycles. The fourth-order valence-corrected chi connectivity index (χ4v) is 3.73. The van der Waals surface area contributed by atoms with Crippen LogP contribution in [0.15, 0.2) is 24.3 Å². The lowest BCUT2D eigenvalue weighted by Gasteiger charge is -2.31. The Morgan fingerprint density at radius 3 is 2.58 bits per heavy atom. The van der Waals surface area contributed by atoms with Crippen LogP contribution >= 0.6 is 0 Å². The van der Waals surface area contributed by atoms with Crippen molar-refractivity contribution in [2.24, 2.45) is 5.73 Å². The van der Waals surface area contributed by atoms with Gasteiger partial charge in [-0.1, -0.05) is 18.6 Å². The van der Waals surface area contributed by atoms with Gasteiger partial charge in [0, 0.05) is 26.7 Å². The Balaban J connectivity index is 2.23. The van der Waals surface area contributed by atoms with E-state index in [4.69, 9.17) is 5.73 Å². The summed E-state index contributed by atoms with van der Waals surface area (Å²) >= 11 is 0. The van der Waals surface area contributed by atoms with Gasteiger partial charge >= 0.3 is 10.2 Å². The molecule has 0 aliphatic carbocycles. The third-order valence-electron chi connectivity index (χ3n) is 3.50. The molecule has 1 aromatic rings. The van der Waals surface area contributed by atoms with Gasteiger partial charge in [-0.3, -0.25) is 4.31 Å². The van der Waals surface area contributed by atoms with Crippen molar-refractivity contribution in [2.75, 3.05) is 24.4 Å². The van der Waals surface area contributed by atoms with Crippen LogP contribution in [0.25, 0.3) is 0 Å². The maximum atomic E-state index is 12.5. The SMILES string of the molecule is CN(c1cccc(CN)c1)S(=O)(=O)N1CCCCC1. The molecule has 2 N–H and O–H groups in total. The normalized spacial score (nSPS) is 17.4. The smallest absolute Gasteiger partial charge is 0.303 e. The van der Waals surface area contributed by atoms with Gasteiger partial charge in [0.25, 0.3) is 0 Å². The van der Waals surface area contributed by atoms with Crippen LogP contribution in [-0.4, -0.2) is 32.9 Å². The molecule has 106 valence electrons. The molecule has 6 heteroatoms. The van der Waals surface area contributed by atoms with Crippen LogP contribution in [0, 0.1) is 0 Å². The fraction of sp³-hybridized carbons (Fsp3) is 0.538. The number of anilines is 1. The molecule has 0 radical (unpaired) electrons. The largest absolute Gasteiger partial charge is 0.326 e. The standard InChI is InChI=1S/C13H21N3O2S/c1-15(13-7-5-6-12(10-13)11-14)19(17,18)16-8-3-2-4-9-16/h5-7,10H,2-4,8-9,11,14H2,1H3. The van der Waals surface area contributed by atoms with E-state index in [1.807, 2.05) is 18.2 Å². The first kappa shape index (κ1) is 14.3. The molecule has 1 fully saturated rings. The van der Waals surface area contributed by atoms with Crippen molar-refractivity contribution in [3.8, 4) is 0 Å². The van der Waals surface area contributed by atoms with Crippen molar-refractivity contribution in [1.82, 2.24) is 4.31 Å². The molecule has 0 atom stereocenters. The van der Waals surface area contributed by atoms with Crippen molar-refractivity contribution in [3.05, 3.63) is 29.8 Å². The predicted molar refractivity (Wildman–Crippen MR) is 77.1 cm³/mol. The molecule has 5 nitrogen and oxygen atoms in total. The quantitative estimate of drug-likeness (QED) is 0.906. The van der Waals surface area contributed by atoms with Crippen LogP contribution in [0.1, 0.15) is 24.8 Å². The lowest BCUT2D eigenvalue weighted by molar-refractivity contribution is 0.346. The Hall–Kier alpha value is -1.11. The zero-order chi connectivity index (χ0) is 13.9. The van der Waals surface area contributed by atoms with Crippen molar-refractivity contribution in [2.45, 2.75) is 25.8 Å². The van der Waals surface area contributed by atoms with E-state index in [2.05, 4.69) is 0 Å². The van der Waals surface area contributed by atoms with Crippen LogP contribution in [0.3, 0.4) is 0 Å². The van der Waals surface area contributed by atoms with E-state index in [0.29, 0.717) is 25.3 Å². The molecule has 0 amide bonds. The first-order valence-corrected chi connectivity index (χ1v) is 7.98. The van der Waals surface area contributed by atoms with Gasteiger partial charge in [0.15, 0.2) is 0 Å². The summed E-state index contributed by atoms with van der Waals surface area (Å²) in [7, 11) is -1.82. The van der Waals surface area contributed by atoms with Gasteiger partial charge in [-0.05, 0) is 30.5 Å².